The van der Waals surface area contributed by atoms with Gasteiger partial charge in [0.05, 0.1) is 5.69 Å². The quantitative estimate of drug-likeness (QED) is 0.592. The van der Waals surface area contributed by atoms with Gasteiger partial charge >= 0.3 is 5.97 Å². The molecule has 29 heavy (non-hydrogen) atoms. The van der Waals surface area contributed by atoms with Crippen LogP contribution in [-0.4, -0.2) is 58.5 Å². The van der Waals surface area contributed by atoms with Crippen molar-refractivity contribution < 1.29 is 19.1 Å². The van der Waals surface area contributed by atoms with Crippen molar-refractivity contribution >= 4 is 42.4 Å². The minimum Gasteiger partial charge on any atom is -0.480 e. The van der Waals surface area contributed by atoms with E-state index in [2.05, 4.69) is 4.90 Å². The first-order valence-corrected chi connectivity index (χ1v) is 9.42. The molecule has 7 nitrogen and oxygen atoms in total. The Balaban J connectivity index is 0.00000210. The molecule has 1 aromatic carbocycles. The van der Waals surface area contributed by atoms with E-state index in [1.54, 1.807) is 4.90 Å². The molecule has 2 saturated heterocycles. The smallest absolute Gasteiger partial charge is 0.325 e. The summed E-state index contributed by atoms with van der Waals surface area (Å²) in [5.74, 6) is -2.02. The Morgan fingerprint density at radius 3 is 2.14 bits per heavy atom. The van der Waals surface area contributed by atoms with Crippen LogP contribution >= 0.6 is 24.8 Å². The molecule has 0 spiro atoms. The lowest BCUT2D eigenvalue weighted by atomic mass is 9.82. The number of nitrogen functional groups attached to an aromatic ring is 1. The summed E-state index contributed by atoms with van der Waals surface area (Å²) < 4.78 is 13.8. The summed E-state index contributed by atoms with van der Waals surface area (Å²) >= 11 is 0. The Morgan fingerprint density at radius 2 is 1.66 bits per heavy atom. The number of benzene rings is 1. The van der Waals surface area contributed by atoms with Crippen LogP contribution in [0.3, 0.4) is 0 Å². The number of carboxylic acids is 1. The van der Waals surface area contributed by atoms with E-state index in [0.29, 0.717) is 31.5 Å². The van der Waals surface area contributed by atoms with E-state index in [0.717, 1.165) is 32.4 Å². The highest BCUT2D eigenvalue weighted by molar-refractivity contribution is 5.86. The van der Waals surface area contributed by atoms with Crippen molar-refractivity contribution in [3.05, 3.63) is 29.6 Å². The number of primary amides is 1. The zero-order valence-electron chi connectivity index (χ0n) is 16.2. The van der Waals surface area contributed by atoms with Crippen LogP contribution in [0.5, 0.6) is 0 Å². The molecule has 2 fully saturated rings. The average Bonchev–Trinajstić information content (AvgIpc) is 2.66. The number of carbonyl (C=O) groups excluding carboxylic acids is 1. The average molecular weight is 451 g/mol. The molecule has 3 rings (SSSR count). The van der Waals surface area contributed by atoms with Gasteiger partial charge in [-0.3, -0.25) is 19.4 Å². The predicted octanol–water partition coefficient (Wildman–Crippen LogP) is 2.18. The highest BCUT2D eigenvalue weighted by Gasteiger charge is 2.46. The highest BCUT2D eigenvalue weighted by atomic mass is 35.5. The monoisotopic (exact) mass is 450 g/mol. The summed E-state index contributed by atoms with van der Waals surface area (Å²) in [7, 11) is 0. The zero-order valence-corrected chi connectivity index (χ0v) is 17.8. The Morgan fingerprint density at radius 1 is 1.07 bits per heavy atom. The van der Waals surface area contributed by atoms with Crippen LogP contribution < -0.4 is 11.5 Å². The highest BCUT2D eigenvalue weighted by Crippen LogP contribution is 2.35. The Bertz CT molecular complexity index is 723. The van der Waals surface area contributed by atoms with E-state index in [1.165, 1.54) is 18.2 Å². The summed E-state index contributed by atoms with van der Waals surface area (Å²) in [6.45, 7) is 2.49. The van der Waals surface area contributed by atoms with Crippen molar-refractivity contribution in [1.29, 1.82) is 0 Å². The van der Waals surface area contributed by atoms with Gasteiger partial charge in [-0.2, -0.15) is 0 Å². The van der Waals surface area contributed by atoms with Crippen molar-refractivity contribution in [2.24, 2.45) is 5.73 Å². The van der Waals surface area contributed by atoms with Crippen LogP contribution in [0.25, 0.3) is 0 Å². The van der Waals surface area contributed by atoms with Crippen LogP contribution in [0.2, 0.25) is 0 Å². The topological polar surface area (TPSA) is 113 Å². The molecule has 5 N–H and O–H groups in total. The molecular weight excluding hydrogens is 422 g/mol. The van der Waals surface area contributed by atoms with Gasteiger partial charge < -0.3 is 16.6 Å². The SMILES string of the molecule is Cl.Cl.NC(=O)C1(N2CCCCC2)CCN(C(C(=O)O)c2ccc(N)c(F)c2)CC1. The van der Waals surface area contributed by atoms with Gasteiger partial charge in [-0.05, 0) is 56.5 Å². The Labute approximate surface area is 182 Å². The van der Waals surface area contributed by atoms with E-state index in [4.69, 9.17) is 11.5 Å². The number of aliphatic carboxylic acids is 1. The number of hydrogen-bond acceptors (Lipinski definition) is 5. The van der Waals surface area contributed by atoms with Crippen LogP contribution in [0.1, 0.15) is 43.7 Å². The normalized spacial score (nSPS) is 20.7. The van der Waals surface area contributed by atoms with E-state index >= 15 is 0 Å². The van der Waals surface area contributed by atoms with Gasteiger partial charge in [-0.25, -0.2) is 4.39 Å². The first-order valence-electron chi connectivity index (χ1n) is 9.42. The van der Waals surface area contributed by atoms with Crippen molar-refractivity contribution in [1.82, 2.24) is 9.80 Å². The second kappa shape index (κ2) is 10.4. The number of piperidine rings is 2. The molecule has 1 amide bonds. The van der Waals surface area contributed by atoms with Gasteiger partial charge in [0, 0.05) is 13.1 Å². The molecule has 0 bridgehead atoms. The molecule has 1 atom stereocenters. The first-order chi connectivity index (χ1) is 12.8. The minimum atomic E-state index is -1.05. The lowest BCUT2D eigenvalue weighted by Crippen LogP contribution is -2.63. The van der Waals surface area contributed by atoms with Gasteiger partial charge in [0.25, 0.3) is 0 Å². The fourth-order valence-corrected chi connectivity index (χ4v) is 4.42. The summed E-state index contributed by atoms with van der Waals surface area (Å²) in [5.41, 5.74) is 10.9. The number of halogens is 3. The largest absolute Gasteiger partial charge is 0.480 e. The van der Waals surface area contributed by atoms with Gasteiger partial charge in [-0.15, -0.1) is 24.8 Å². The maximum atomic E-state index is 13.8. The lowest BCUT2D eigenvalue weighted by Gasteiger charge is -2.49. The van der Waals surface area contributed by atoms with E-state index in [-0.39, 0.29) is 36.4 Å². The molecule has 164 valence electrons. The number of hydrogen-bond donors (Lipinski definition) is 3. The number of carbonyl (C=O) groups is 2. The molecule has 0 aliphatic carbocycles. The molecule has 1 aromatic rings. The predicted molar refractivity (Wildman–Crippen MR) is 114 cm³/mol. The van der Waals surface area contributed by atoms with Gasteiger partial charge in [0.15, 0.2) is 0 Å². The van der Waals surface area contributed by atoms with Crippen LogP contribution in [0.4, 0.5) is 10.1 Å². The number of likely N-dealkylation sites (tertiary alicyclic amines) is 2. The van der Waals surface area contributed by atoms with Crippen LogP contribution in [0, 0.1) is 5.82 Å². The van der Waals surface area contributed by atoms with Crippen LogP contribution in [0.15, 0.2) is 18.2 Å². The zero-order chi connectivity index (χ0) is 19.6. The third-order valence-corrected chi connectivity index (χ3v) is 5.98. The summed E-state index contributed by atoms with van der Waals surface area (Å²) in [5, 5.41) is 9.73. The second-order valence-corrected chi connectivity index (χ2v) is 7.50. The number of nitrogens with two attached hydrogens (primary N) is 2. The number of rotatable bonds is 5. The number of carboxylic acid groups (broad SMARTS) is 1. The van der Waals surface area contributed by atoms with Crippen molar-refractivity contribution in [3.8, 4) is 0 Å². The van der Waals surface area contributed by atoms with E-state index < -0.39 is 23.4 Å². The maximum Gasteiger partial charge on any atom is 0.325 e. The molecule has 2 heterocycles. The van der Waals surface area contributed by atoms with Crippen molar-refractivity contribution in [2.75, 3.05) is 31.9 Å². The third kappa shape index (κ3) is 5.12. The van der Waals surface area contributed by atoms with E-state index in [1.807, 2.05) is 0 Å². The number of nitrogens with zero attached hydrogens (tertiary/aromatic N) is 2. The fourth-order valence-electron chi connectivity index (χ4n) is 4.42. The number of anilines is 1. The summed E-state index contributed by atoms with van der Waals surface area (Å²) in [6, 6.07) is 3.12. The first kappa shape index (κ1) is 25.4. The molecule has 0 radical (unpaired) electrons. The maximum absolute atomic E-state index is 13.8. The van der Waals surface area contributed by atoms with Crippen molar-refractivity contribution in [3.63, 3.8) is 0 Å². The molecule has 2 aliphatic heterocycles. The molecular formula is C19H29Cl2FN4O3. The van der Waals surface area contributed by atoms with Crippen LogP contribution in [-0.2, 0) is 9.59 Å². The minimum absolute atomic E-state index is 0. The molecule has 0 saturated carbocycles. The molecule has 1 unspecified atom stereocenters. The summed E-state index contributed by atoms with van der Waals surface area (Å²) in [4.78, 5) is 28.2. The van der Waals surface area contributed by atoms with Gasteiger partial charge in [0.2, 0.25) is 5.91 Å². The van der Waals surface area contributed by atoms with Gasteiger partial charge in [0.1, 0.15) is 17.4 Å². The standard InChI is InChI=1S/C19H27FN4O3.2ClH/c20-14-12-13(4-5-15(14)21)16(17(25)26)23-10-6-19(7-11-23,18(22)27)24-8-2-1-3-9-24;;/h4-5,12,16H,1-3,6-11,21H2,(H2,22,27)(H,25,26);2*1H. The molecule has 10 heteroatoms. The molecule has 2 aliphatic rings. The van der Waals surface area contributed by atoms with E-state index in [9.17, 15) is 19.1 Å². The Hall–Kier alpha value is -1.61. The lowest BCUT2D eigenvalue weighted by molar-refractivity contribution is -0.146. The third-order valence-electron chi connectivity index (χ3n) is 5.98. The van der Waals surface area contributed by atoms with Gasteiger partial charge in [-0.1, -0.05) is 12.5 Å². The van der Waals surface area contributed by atoms with Crippen molar-refractivity contribution in [2.45, 2.75) is 43.7 Å². The fraction of sp³-hybridized carbons (Fsp3) is 0.579. The Kier molecular flexibility index (Phi) is 9.14. The second-order valence-electron chi connectivity index (χ2n) is 7.50. The number of amides is 1. The molecule has 0 aromatic heterocycles. The summed E-state index contributed by atoms with van der Waals surface area (Å²) in [6.07, 6.45) is 4.19.